The van der Waals surface area contributed by atoms with E-state index < -0.39 is 0 Å². The Morgan fingerprint density at radius 3 is 2.85 bits per heavy atom. The first-order chi connectivity index (χ1) is 6.07. The summed E-state index contributed by atoms with van der Waals surface area (Å²) < 4.78 is 0. The van der Waals surface area contributed by atoms with E-state index in [2.05, 4.69) is 32.2 Å². The van der Waals surface area contributed by atoms with Gasteiger partial charge in [-0.3, -0.25) is 0 Å². The molecule has 0 spiro atoms. The highest BCUT2D eigenvalue weighted by atomic mass is 32.1. The van der Waals surface area contributed by atoms with Crippen LogP contribution in [0.5, 0.6) is 0 Å². The van der Waals surface area contributed by atoms with Crippen LogP contribution in [0.25, 0.3) is 0 Å². The summed E-state index contributed by atoms with van der Waals surface area (Å²) in [4.78, 5) is 1.64. The van der Waals surface area contributed by atoms with Crippen molar-refractivity contribution in [3.8, 4) is 0 Å². The minimum absolute atomic E-state index is 0.486. The average Bonchev–Trinajstić information content (AvgIpc) is 2.47. The summed E-state index contributed by atoms with van der Waals surface area (Å²) in [5, 5.41) is 2.25. The Bertz CT molecular complexity index is 290. The summed E-state index contributed by atoms with van der Waals surface area (Å²) in [6, 6.07) is 2.32. The van der Waals surface area contributed by atoms with Gasteiger partial charge >= 0.3 is 0 Å². The highest BCUT2D eigenvalue weighted by Crippen LogP contribution is 2.38. The van der Waals surface area contributed by atoms with Gasteiger partial charge in [-0.15, -0.1) is 11.3 Å². The summed E-state index contributed by atoms with van der Waals surface area (Å²) in [5.74, 6) is 0.884. The van der Waals surface area contributed by atoms with E-state index in [1.807, 2.05) is 11.3 Å². The van der Waals surface area contributed by atoms with Crippen LogP contribution in [0.15, 0.2) is 11.4 Å². The van der Waals surface area contributed by atoms with Crippen LogP contribution in [0.4, 0.5) is 0 Å². The fraction of sp³-hybridized carbons (Fsp3) is 0.667. The molecule has 0 radical (unpaired) electrons. The topological polar surface area (TPSA) is 0 Å². The van der Waals surface area contributed by atoms with Crippen molar-refractivity contribution in [3.05, 3.63) is 21.9 Å². The van der Waals surface area contributed by atoms with E-state index in [0.29, 0.717) is 5.41 Å². The molecule has 1 aromatic rings. The zero-order valence-corrected chi connectivity index (χ0v) is 9.58. The van der Waals surface area contributed by atoms with Crippen molar-refractivity contribution in [1.29, 1.82) is 0 Å². The molecule has 1 aliphatic rings. The first-order valence-electron chi connectivity index (χ1n) is 5.12. The predicted octanol–water partition coefficient (Wildman–Crippen LogP) is 3.90. The normalized spacial score (nSPS) is 22.8. The van der Waals surface area contributed by atoms with Crippen LogP contribution in [-0.4, -0.2) is 0 Å². The Balaban J connectivity index is 2.18. The molecule has 0 bridgehead atoms. The SMILES string of the molecule is CC(C)(C)C1CCc2sccc2C1. The van der Waals surface area contributed by atoms with E-state index >= 15 is 0 Å². The van der Waals surface area contributed by atoms with Crippen molar-refractivity contribution >= 4 is 11.3 Å². The lowest BCUT2D eigenvalue weighted by molar-refractivity contribution is 0.217. The highest BCUT2D eigenvalue weighted by Gasteiger charge is 2.28. The maximum atomic E-state index is 2.37. The maximum absolute atomic E-state index is 2.37. The second-order valence-electron chi connectivity index (χ2n) is 5.17. The second-order valence-corrected chi connectivity index (χ2v) is 6.18. The lowest BCUT2D eigenvalue weighted by Gasteiger charge is -2.33. The fourth-order valence-electron chi connectivity index (χ4n) is 2.18. The Morgan fingerprint density at radius 1 is 1.38 bits per heavy atom. The molecule has 0 saturated heterocycles. The number of thiophene rings is 1. The smallest absolute Gasteiger partial charge is 0.00774 e. The molecule has 13 heavy (non-hydrogen) atoms. The number of hydrogen-bond acceptors (Lipinski definition) is 1. The quantitative estimate of drug-likeness (QED) is 0.587. The molecule has 0 aliphatic heterocycles. The fourth-order valence-corrected chi connectivity index (χ4v) is 3.12. The molecule has 0 fully saturated rings. The number of rotatable bonds is 0. The number of aryl methyl sites for hydroxylation is 1. The summed E-state index contributed by atoms with van der Waals surface area (Å²) >= 11 is 1.94. The zero-order chi connectivity index (χ0) is 9.47. The standard InChI is InChI=1S/C12H18S/c1-12(2,3)10-4-5-11-9(8-10)6-7-13-11/h6-7,10H,4-5,8H2,1-3H3. The molecule has 0 nitrogen and oxygen atoms in total. The molecule has 1 aromatic heterocycles. The van der Waals surface area contributed by atoms with Gasteiger partial charge in [0.25, 0.3) is 0 Å². The molecular weight excluding hydrogens is 176 g/mol. The highest BCUT2D eigenvalue weighted by molar-refractivity contribution is 7.10. The third kappa shape index (κ3) is 1.80. The van der Waals surface area contributed by atoms with E-state index in [0.717, 1.165) is 5.92 Å². The van der Waals surface area contributed by atoms with E-state index in [4.69, 9.17) is 0 Å². The van der Waals surface area contributed by atoms with Gasteiger partial charge < -0.3 is 0 Å². The van der Waals surface area contributed by atoms with Crippen LogP contribution in [0.3, 0.4) is 0 Å². The molecule has 0 N–H and O–H groups in total. The van der Waals surface area contributed by atoms with E-state index in [-0.39, 0.29) is 0 Å². The van der Waals surface area contributed by atoms with Gasteiger partial charge in [0.15, 0.2) is 0 Å². The molecule has 1 aliphatic carbocycles. The van der Waals surface area contributed by atoms with Crippen LogP contribution in [-0.2, 0) is 12.8 Å². The monoisotopic (exact) mass is 194 g/mol. The average molecular weight is 194 g/mol. The van der Waals surface area contributed by atoms with Crippen LogP contribution >= 0.6 is 11.3 Å². The third-order valence-corrected chi connectivity index (χ3v) is 4.27. The molecule has 0 amide bonds. The zero-order valence-electron chi connectivity index (χ0n) is 8.76. The summed E-state index contributed by atoms with van der Waals surface area (Å²) in [5.41, 5.74) is 2.11. The van der Waals surface area contributed by atoms with Gasteiger partial charge in [0, 0.05) is 4.88 Å². The van der Waals surface area contributed by atoms with Crippen molar-refractivity contribution in [3.63, 3.8) is 0 Å². The largest absolute Gasteiger partial charge is 0.149 e. The van der Waals surface area contributed by atoms with Crippen LogP contribution < -0.4 is 0 Å². The lowest BCUT2D eigenvalue weighted by atomic mass is 9.72. The summed E-state index contributed by atoms with van der Waals surface area (Å²) in [7, 11) is 0. The Morgan fingerprint density at radius 2 is 2.15 bits per heavy atom. The van der Waals surface area contributed by atoms with Gasteiger partial charge in [-0.2, -0.15) is 0 Å². The van der Waals surface area contributed by atoms with Gasteiger partial charge in [-0.1, -0.05) is 20.8 Å². The molecule has 0 saturated carbocycles. The van der Waals surface area contributed by atoms with Crippen LogP contribution in [0, 0.1) is 11.3 Å². The number of hydrogen-bond donors (Lipinski definition) is 0. The van der Waals surface area contributed by atoms with Gasteiger partial charge in [0.2, 0.25) is 0 Å². The van der Waals surface area contributed by atoms with Crippen molar-refractivity contribution in [1.82, 2.24) is 0 Å². The molecule has 1 heteroatoms. The van der Waals surface area contributed by atoms with Crippen molar-refractivity contribution in [2.75, 3.05) is 0 Å². The molecule has 1 heterocycles. The summed E-state index contributed by atoms with van der Waals surface area (Å²) in [6.45, 7) is 7.11. The summed E-state index contributed by atoms with van der Waals surface area (Å²) in [6.07, 6.45) is 4.01. The van der Waals surface area contributed by atoms with Gasteiger partial charge in [0.1, 0.15) is 0 Å². The Labute approximate surface area is 85.0 Å². The molecule has 72 valence electrons. The molecular formula is C12H18S. The Kier molecular flexibility index (Phi) is 2.23. The van der Waals surface area contributed by atoms with Crippen molar-refractivity contribution < 1.29 is 0 Å². The third-order valence-electron chi connectivity index (χ3n) is 3.25. The second kappa shape index (κ2) is 3.13. The lowest BCUT2D eigenvalue weighted by Crippen LogP contribution is -2.26. The van der Waals surface area contributed by atoms with E-state index in [1.54, 1.807) is 10.4 Å². The molecule has 0 aromatic carbocycles. The first-order valence-corrected chi connectivity index (χ1v) is 6.00. The minimum atomic E-state index is 0.486. The van der Waals surface area contributed by atoms with Crippen molar-refractivity contribution in [2.45, 2.75) is 40.0 Å². The van der Waals surface area contributed by atoms with Gasteiger partial charge in [0.05, 0.1) is 0 Å². The molecule has 2 rings (SSSR count). The van der Waals surface area contributed by atoms with E-state index in [9.17, 15) is 0 Å². The number of fused-ring (bicyclic) bond motifs is 1. The first kappa shape index (κ1) is 9.26. The maximum Gasteiger partial charge on any atom is 0.00774 e. The van der Waals surface area contributed by atoms with Crippen LogP contribution in [0.2, 0.25) is 0 Å². The van der Waals surface area contributed by atoms with Gasteiger partial charge in [-0.05, 0) is 47.6 Å². The van der Waals surface area contributed by atoms with Gasteiger partial charge in [-0.25, -0.2) is 0 Å². The van der Waals surface area contributed by atoms with E-state index in [1.165, 1.54) is 19.3 Å². The predicted molar refractivity (Wildman–Crippen MR) is 59.3 cm³/mol. The minimum Gasteiger partial charge on any atom is -0.149 e. The Hall–Kier alpha value is -0.300. The van der Waals surface area contributed by atoms with Crippen LogP contribution in [0.1, 0.15) is 37.6 Å². The van der Waals surface area contributed by atoms with Crippen molar-refractivity contribution in [2.24, 2.45) is 11.3 Å². The molecule has 1 atom stereocenters. The molecule has 1 unspecified atom stereocenters.